The van der Waals surface area contributed by atoms with E-state index >= 15 is 4.39 Å². The number of aliphatic carboxylic acids is 1. The third-order valence-corrected chi connectivity index (χ3v) is 7.07. The number of halogens is 1. The van der Waals surface area contributed by atoms with Crippen LogP contribution in [0.1, 0.15) is 8.35 Å². The monoisotopic (exact) mass is 544 g/mol. The van der Waals surface area contributed by atoms with Crippen molar-refractivity contribution in [3.05, 3.63) is 48.7 Å². The number of carbonyl (C=O) groups excluding carboxylic acids is 1. The molecule has 0 unspecified atom stereocenters. The maximum absolute atomic E-state index is 15.8. The number of urea groups is 1. The molecule has 11 nitrogen and oxygen atoms in total. The van der Waals surface area contributed by atoms with E-state index in [-0.39, 0.29) is 43.0 Å². The van der Waals surface area contributed by atoms with Crippen LogP contribution in [-0.4, -0.2) is 81.2 Å². The number of rotatable bonds is 7. The summed E-state index contributed by atoms with van der Waals surface area (Å²) in [5.74, 6) is -0.897. The van der Waals surface area contributed by atoms with Gasteiger partial charge in [0, 0.05) is 68.0 Å². The van der Waals surface area contributed by atoms with Crippen LogP contribution in [-0.2, 0) is 4.79 Å². The zero-order valence-electron chi connectivity index (χ0n) is 22.5. The summed E-state index contributed by atoms with van der Waals surface area (Å²) in [5.41, 5.74) is 2.19. The number of anilines is 2. The van der Waals surface area contributed by atoms with Crippen LogP contribution in [0.15, 0.2) is 42.9 Å². The number of carboxylic acids is 1. The first kappa shape index (κ1) is 28.4. The van der Waals surface area contributed by atoms with E-state index in [4.69, 9.17) is 5.11 Å². The summed E-state index contributed by atoms with van der Waals surface area (Å²) in [4.78, 5) is 44.6. The SMILES string of the molecule is CCNC(=O)Nc1nc2c(F)c(-c3cnc(N4CCN(CC(=O)O)CC4)nc3)cc(-c3ccccn3)c2s1.[H-].[Li+]. The van der Waals surface area contributed by atoms with Gasteiger partial charge in [0.05, 0.1) is 16.9 Å². The third-order valence-electron chi connectivity index (χ3n) is 6.07. The molecule has 14 heteroatoms. The van der Waals surface area contributed by atoms with Crippen LogP contribution in [0.2, 0.25) is 0 Å². The van der Waals surface area contributed by atoms with Gasteiger partial charge in [-0.25, -0.2) is 24.1 Å². The topological polar surface area (TPSA) is 136 Å². The maximum Gasteiger partial charge on any atom is 1.00 e. The van der Waals surface area contributed by atoms with Gasteiger partial charge in [0.25, 0.3) is 0 Å². The first-order chi connectivity index (χ1) is 18.4. The van der Waals surface area contributed by atoms with Crippen LogP contribution in [0.3, 0.4) is 0 Å². The van der Waals surface area contributed by atoms with Gasteiger partial charge in [-0.2, -0.15) is 0 Å². The number of nitrogens with one attached hydrogen (secondary N) is 2. The molecule has 1 aliphatic rings. The minimum atomic E-state index is -0.852. The Kier molecular flexibility index (Phi) is 9.08. The summed E-state index contributed by atoms with van der Waals surface area (Å²) < 4.78 is 16.4. The fourth-order valence-electron chi connectivity index (χ4n) is 4.25. The van der Waals surface area contributed by atoms with Gasteiger partial charge in [-0.3, -0.25) is 20.0 Å². The van der Waals surface area contributed by atoms with E-state index < -0.39 is 17.8 Å². The standard InChI is InChI=1S/C25H25FN8O3S.Li.H/c1-2-27-24(37)32-25-31-21-20(26)16(11-17(22(21)38-25)18-5-3-4-6-28-18)15-12-29-23(30-13-15)34-9-7-33(8-10-34)14-19(35)36;;/h3-6,11-13H,2,7-10,14H2,1H3,(H,35,36)(H2,27,31,32,37);;/q;+1;-1. The molecule has 0 aliphatic carbocycles. The summed E-state index contributed by atoms with van der Waals surface area (Å²) in [5, 5.41) is 14.6. The van der Waals surface area contributed by atoms with E-state index in [9.17, 15) is 9.59 Å². The largest absolute Gasteiger partial charge is 1.00 e. The molecule has 0 saturated carbocycles. The molecule has 4 heterocycles. The normalized spacial score (nSPS) is 13.6. The van der Waals surface area contributed by atoms with Crippen LogP contribution in [0.25, 0.3) is 32.6 Å². The van der Waals surface area contributed by atoms with Crippen LogP contribution < -0.4 is 34.4 Å². The van der Waals surface area contributed by atoms with Crippen molar-refractivity contribution in [2.45, 2.75) is 6.92 Å². The Morgan fingerprint density at radius 3 is 2.51 bits per heavy atom. The Bertz CT molecular complexity index is 1470. The predicted octanol–water partition coefficient (Wildman–Crippen LogP) is 0.419. The van der Waals surface area contributed by atoms with Crippen molar-refractivity contribution in [3.8, 4) is 22.4 Å². The average Bonchev–Trinajstić information content (AvgIpc) is 3.34. The zero-order chi connectivity index (χ0) is 26.6. The Labute approximate surface area is 241 Å². The summed E-state index contributed by atoms with van der Waals surface area (Å²) >= 11 is 1.17. The van der Waals surface area contributed by atoms with Gasteiger partial charge in [0.1, 0.15) is 5.52 Å². The number of piperazine rings is 1. The van der Waals surface area contributed by atoms with Crippen molar-refractivity contribution in [1.82, 2.24) is 30.2 Å². The number of nitrogens with zero attached hydrogens (tertiary/aromatic N) is 6. The Balaban J connectivity index is 0.00000220. The van der Waals surface area contributed by atoms with Gasteiger partial charge < -0.3 is 16.7 Å². The Morgan fingerprint density at radius 2 is 1.87 bits per heavy atom. The molecular weight excluding hydrogens is 518 g/mol. The molecule has 3 N–H and O–H groups in total. The predicted molar refractivity (Wildman–Crippen MR) is 144 cm³/mol. The Hall–Kier alpha value is -3.63. The number of benzene rings is 1. The summed E-state index contributed by atoms with van der Waals surface area (Å²) in [6.07, 6.45) is 4.80. The first-order valence-corrected chi connectivity index (χ1v) is 12.9. The van der Waals surface area contributed by atoms with Gasteiger partial charge in [0.2, 0.25) is 5.95 Å². The number of thiazole rings is 1. The van der Waals surface area contributed by atoms with Gasteiger partial charge in [-0.05, 0) is 25.1 Å². The number of fused-ring (bicyclic) bond motifs is 1. The molecule has 39 heavy (non-hydrogen) atoms. The molecular formula is C25H26FLiN8O3S. The molecule has 4 aromatic rings. The van der Waals surface area contributed by atoms with Crippen molar-refractivity contribution in [1.29, 1.82) is 0 Å². The van der Waals surface area contributed by atoms with Crippen molar-refractivity contribution in [2.75, 3.05) is 49.5 Å². The van der Waals surface area contributed by atoms with Crippen LogP contribution in [0.5, 0.6) is 0 Å². The number of amides is 2. The van der Waals surface area contributed by atoms with Gasteiger partial charge >= 0.3 is 30.9 Å². The smallest absolute Gasteiger partial charge is 1.00 e. The number of pyridine rings is 1. The average molecular weight is 545 g/mol. The van der Waals surface area contributed by atoms with E-state index in [2.05, 4.69) is 30.6 Å². The van der Waals surface area contributed by atoms with E-state index in [1.807, 2.05) is 21.9 Å². The molecule has 0 bridgehead atoms. The fourth-order valence-corrected chi connectivity index (χ4v) is 5.23. The third kappa shape index (κ3) is 6.34. The molecule has 5 rings (SSSR count). The summed E-state index contributed by atoms with van der Waals surface area (Å²) in [6, 6.07) is 6.77. The maximum atomic E-state index is 15.8. The molecule has 0 atom stereocenters. The van der Waals surface area contributed by atoms with Crippen molar-refractivity contribution in [2.24, 2.45) is 0 Å². The van der Waals surface area contributed by atoms with Gasteiger partial charge in [-0.1, -0.05) is 17.4 Å². The molecule has 1 aliphatic heterocycles. The molecule has 1 fully saturated rings. The second-order valence-corrected chi connectivity index (χ2v) is 9.61. The molecule has 0 spiro atoms. The van der Waals surface area contributed by atoms with E-state index in [1.165, 1.54) is 11.3 Å². The summed E-state index contributed by atoms with van der Waals surface area (Å²) in [6.45, 7) is 4.62. The minimum Gasteiger partial charge on any atom is -1.00 e. The number of aromatic nitrogens is 4. The number of carboxylic acid groups (broad SMARTS) is 1. The molecule has 2 amide bonds. The second-order valence-electron chi connectivity index (χ2n) is 8.61. The second kappa shape index (κ2) is 12.5. The minimum absolute atomic E-state index is 0. The first-order valence-electron chi connectivity index (χ1n) is 12.0. The van der Waals surface area contributed by atoms with Crippen molar-refractivity contribution < 1.29 is 39.4 Å². The van der Waals surface area contributed by atoms with Gasteiger partial charge in [0.15, 0.2) is 10.9 Å². The quantitative estimate of drug-likeness (QED) is 0.283. The van der Waals surface area contributed by atoms with Crippen LogP contribution in [0.4, 0.5) is 20.3 Å². The number of hydrogen-bond donors (Lipinski definition) is 3. The van der Waals surface area contributed by atoms with Crippen molar-refractivity contribution >= 4 is 44.6 Å². The van der Waals surface area contributed by atoms with Gasteiger partial charge in [-0.15, -0.1) is 0 Å². The van der Waals surface area contributed by atoms with Crippen LogP contribution in [0, 0.1) is 5.82 Å². The number of carbonyl (C=O) groups is 2. The van der Waals surface area contributed by atoms with E-state index in [1.54, 1.807) is 37.6 Å². The molecule has 3 aromatic heterocycles. The molecule has 1 aromatic carbocycles. The van der Waals surface area contributed by atoms with Crippen LogP contribution >= 0.6 is 11.3 Å². The summed E-state index contributed by atoms with van der Waals surface area (Å²) in [7, 11) is 0. The fraction of sp³-hybridized carbons (Fsp3) is 0.280. The Morgan fingerprint density at radius 1 is 1.13 bits per heavy atom. The van der Waals surface area contributed by atoms with E-state index in [0.29, 0.717) is 60.2 Å². The molecule has 0 radical (unpaired) electrons. The molecule has 1 saturated heterocycles. The van der Waals surface area contributed by atoms with Crippen molar-refractivity contribution in [3.63, 3.8) is 0 Å². The molecule has 198 valence electrons. The van der Waals surface area contributed by atoms with E-state index in [0.717, 1.165) is 0 Å². The number of hydrogen-bond acceptors (Lipinski definition) is 9. The zero-order valence-corrected chi connectivity index (χ0v) is 22.3.